The highest BCUT2D eigenvalue weighted by atomic mass is 16.5. The summed E-state index contributed by atoms with van der Waals surface area (Å²) in [5, 5.41) is 12.6. The summed E-state index contributed by atoms with van der Waals surface area (Å²) in [6.07, 6.45) is 4.60. The first kappa shape index (κ1) is 15.4. The van der Waals surface area contributed by atoms with E-state index < -0.39 is 0 Å². The lowest BCUT2D eigenvalue weighted by atomic mass is 10.0. The van der Waals surface area contributed by atoms with Gasteiger partial charge in [0.15, 0.2) is 0 Å². The molecule has 0 unspecified atom stereocenters. The van der Waals surface area contributed by atoms with E-state index in [0.29, 0.717) is 11.4 Å². The first-order valence-electron chi connectivity index (χ1n) is 7.25. The largest absolute Gasteiger partial charge is 0.397 e. The normalized spacial score (nSPS) is 14.8. The minimum atomic E-state index is 0.0463. The summed E-state index contributed by atoms with van der Waals surface area (Å²) in [4.78, 5) is 0. The lowest BCUT2D eigenvalue weighted by Gasteiger charge is -2.04. The molecule has 5 nitrogen and oxygen atoms in total. The van der Waals surface area contributed by atoms with Crippen molar-refractivity contribution >= 4 is 11.4 Å². The lowest BCUT2D eigenvalue weighted by Crippen LogP contribution is -1.94. The van der Waals surface area contributed by atoms with Gasteiger partial charge in [0.25, 0.3) is 0 Å². The van der Waals surface area contributed by atoms with Gasteiger partial charge >= 0.3 is 0 Å². The van der Waals surface area contributed by atoms with Gasteiger partial charge in [-0.1, -0.05) is 24.1 Å². The van der Waals surface area contributed by atoms with Crippen LogP contribution in [-0.2, 0) is 0 Å². The Balaban J connectivity index is 0.000000225. The van der Waals surface area contributed by atoms with Crippen LogP contribution in [0.3, 0.4) is 0 Å². The van der Waals surface area contributed by atoms with Gasteiger partial charge in [0.2, 0.25) is 0 Å². The zero-order valence-corrected chi connectivity index (χ0v) is 12.6. The van der Waals surface area contributed by atoms with Gasteiger partial charge in [0.05, 0.1) is 23.2 Å². The summed E-state index contributed by atoms with van der Waals surface area (Å²) in [6.45, 7) is 3.78. The number of nitrogens with zero attached hydrogens (tertiary/aromatic N) is 1. The average molecular weight is 289 g/mol. The van der Waals surface area contributed by atoms with E-state index in [1.807, 2.05) is 26.0 Å². The first-order chi connectivity index (χ1) is 9.99. The van der Waals surface area contributed by atoms with Crippen molar-refractivity contribution in [2.45, 2.75) is 45.6 Å². The zero-order chi connectivity index (χ0) is 15.4. The van der Waals surface area contributed by atoms with Crippen LogP contribution in [0.1, 0.15) is 37.1 Å². The molecule has 0 amide bonds. The summed E-state index contributed by atoms with van der Waals surface area (Å²) in [7, 11) is 0. The van der Waals surface area contributed by atoms with E-state index in [-0.39, 0.29) is 6.10 Å². The molecule has 0 atom stereocenters. The molecule has 1 saturated carbocycles. The third-order valence-electron chi connectivity index (χ3n) is 3.73. The van der Waals surface area contributed by atoms with Crippen LogP contribution >= 0.6 is 0 Å². The van der Waals surface area contributed by atoms with Crippen LogP contribution in [0.4, 0.5) is 11.4 Å². The van der Waals surface area contributed by atoms with Crippen LogP contribution in [0.25, 0.3) is 11.1 Å². The van der Waals surface area contributed by atoms with E-state index in [9.17, 15) is 0 Å². The number of aliphatic hydroxyl groups is 1. The zero-order valence-electron chi connectivity index (χ0n) is 12.6. The molecule has 1 fully saturated rings. The van der Waals surface area contributed by atoms with E-state index in [4.69, 9.17) is 21.1 Å². The van der Waals surface area contributed by atoms with Crippen LogP contribution in [-0.4, -0.2) is 16.4 Å². The van der Waals surface area contributed by atoms with E-state index in [2.05, 4.69) is 5.16 Å². The summed E-state index contributed by atoms with van der Waals surface area (Å²) in [5.74, 6) is 0.789. The molecule has 1 aliphatic rings. The average Bonchev–Trinajstić information content (AvgIpc) is 3.04. The van der Waals surface area contributed by atoms with Gasteiger partial charge in [0, 0.05) is 5.56 Å². The Bertz CT molecular complexity index is 582. The maximum absolute atomic E-state index is 8.73. The highest BCUT2D eigenvalue weighted by Gasteiger charge is 2.11. The Labute approximate surface area is 124 Å². The molecule has 21 heavy (non-hydrogen) atoms. The molecule has 0 bridgehead atoms. The number of rotatable bonds is 1. The molecule has 3 rings (SSSR count). The molecule has 1 aromatic carbocycles. The van der Waals surface area contributed by atoms with Crippen LogP contribution in [0.15, 0.2) is 22.7 Å². The van der Waals surface area contributed by atoms with Gasteiger partial charge in [-0.3, -0.25) is 0 Å². The van der Waals surface area contributed by atoms with Crippen molar-refractivity contribution < 1.29 is 9.63 Å². The number of hydrogen-bond acceptors (Lipinski definition) is 5. The number of hydrogen-bond donors (Lipinski definition) is 3. The van der Waals surface area contributed by atoms with Crippen molar-refractivity contribution in [1.82, 2.24) is 5.16 Å². The highest BCUT2D eigenvalue weighted by Crippen LogP contribution is 2.29. The molecule has 2 aromatic rings. The van der Waals surface area contributed by atoms with Gasteiger partial charge in [-0.15, -0.1) is 0 Å². The SMILES string of the molecule is Cc1noc(C)c1-c1ccc(N)c(N)c1.OC1CCCC1. The number of aryl methyl sites for hydroxylation is 2. The van der Waals surface area contributed by atoms with Gasteiger partial charge in [-0.25, -0.2) is 0 Å². The molecule has 0 radical (unpaired) electrons. The number of anilines is 2. The quantitative estimate of drug-likeness (QED) is 0.701. The van der Waals surface area contributed by atoms with Gasteiger partial charge in [0.1, 0.15) is 5.76 Å². The van der Waals surface area contributed by atoms with Crippen LogP contribution in [0.5, 0.6) is 0 Å². The molecule has 1 aliphatic carbocycles. The van der Waals surface area contributed by atoms with E-state index in [0.717, 1.165) is 35.4 Å². The molecular formula is C16H23N3O2. The summed E-state index contributed by atoms with van der Waals surface area (Å²) >= 11 is 0. The lowest BCUT2D eigenvalue weighted by molar-refractivity contribution is 0.183. The van der Waals surface area contributed by atoms with Crippen molar-refractivity contribution in [2.75, 3.05) is 11.5 Å². The second kappa shape index (κ2) is 6.63. The van der Waals surface area contributed by atoms with Gasteiger partial charge in [-0.05, 0) is 44.4 Å². The molecule has 114 valence electrons. The fourth-order valence-electron chi connectivity index (χ4n) is 2.53. The topological polar surface area (TPSA) is 98.3 Å². The first-order valence-corrected chi connectivity index (χ1v) is 7.25. The van der Waals surface area contributed by atoms with E-state index >= 15 is 0 Å². The molecular weight excluding hydrogens is 266 g/mol. The molecule has 0 aliphatic heterocycles. The summed E-state index contributed by atoms with van der Waals surface area (Å²) in [6, 6.07) is 5.54. The van der Waals surface area contributed by atoms with Gasteiger partial charge in [-0.2, -0.15) is 0 Å². The second-order valence-electron chi connectivity index (χ2n) is 5.48. The maximum Gasteiger partial charge on any atom is 0.141 e. The Morgan fingerprint density at radius 3 is 2.24 bits per heavy atom. The number of nitrogens with two attached hydrogens (primary N) is 2. The van der Waals surface area contributed by atoms with Crippen LogP contribution in [0.2, 0.25) is 0 Å². The minimum absolute atomic E-state index is 0.0463. The smallest absolute Gasteiger partial charge is 0.141 e. The summed E-state index contributed by atoms with van der Waals surface area (Å²) in [5.41, 5.74) is 15.4. The standard InChI is InChI=1S/C11H13N3O.C5H10O/c1-6-11(7(2)15-14-6)8-3-4-9(12)10(13)5-8;6-5-3-1-2-4-5/h3-5H,12-13H2,1-2H3;5-6H,1-4H2. The minimum Gasteiger partial charge on any atom is -0.397 e. The Morgan fingerprint density at radius 1 is 1.14 bits per heavy atom. The van der Waals surface area contributed by atoms with E-state index in [1.165, 1.54) is 12.8 Å². The second-order valence-corrected chi connectivity index (χ2v) is 5.48. The molecule has 0 spiro atoms. The predicted molar refractivity (Wildman–Crippen MR) is 84.7 cm³/mol. The monoisotopic (exact) mass is 289 g/mol. The fraction of sp³-hybridized carbons (Fsp3) is 0.438. The van der Waals surface area contributed by atoms with Crippen molar-refractivity contribution in [3.05, 3.63) is 29.7 Å². The molecule has 5 N–H and O–H groups in total. The van der Waals surface area contributed by atoms with Crippen molar-refractivity contribution in [1.29, 1.82) is 0 Å². The van der Waals surface area contributed by atoms with Crippen molar-refractivity contribution in [2.24, 2.45) is 0 Å². The Hall–Kier alpha value is -2.01. The number of aromatic nitrogens is 1. The van der Waals surface area contributed by atoms with Crippen molar-refractivity contribution in [3.63, 3.8) is 0 Å². The number of benzene rings is 1. The third kappa shape index (κ3) is 3.76. The molecule has 1 aromatic heterocycles. The predicted octanol–water partition coefficient (Wildman–Crippen LogP) is 3.04. The highest BCUT2D eigenvalue weighted by molar-refractivity contribution is 5.76. The summed E-state index contributed by atoms with van der Waals surface area (Å²) < 4.78 is 5.10. The maximum atomic E-state index is 8.73. The number of nitrogen functional groups attached to an aromatic ring is 2. The fourth-order valence-corrected chi connectivity index (χ4v) is 2.53. The molecule has 0 saturated heterocycles. The van der Waals surface area contributed by atoms with E-state index in [1.54, 1.807) is 6.07 Å². The van der Waals surface area contributed by atoms with Crippen LogP contribution in [0, 0.1) is 13.8 Å². The van der Waals surface area contributed by atoms with Crippen molar-refractivity contribution in [3.8, 4) is 11.1 Å². The Kier molecular flexibility index (Phi) is 4.85. The molecule has 5 heteroatoms. The Morgan fingerprint density at radius 2 is 1.81 bits per heavy atom. The molecule has 1 heterocycles. The van der Waals surface area contributed by atoms with Crippen LogP contribution < -0.4 is 11.5 Å². The van der Waals surface area contributed by atoms with Gasteiger partial charge < -0.3 is 21.1 Å². The number of aliphatic hydroxyl groups excluding tert-OH is 1. The third-order valence-corrected chi connectivity index (χ3v) is 3.73.